The van der Waals surface area contributed by atoms with Crippen LogP contribution < -0.4 is 10.2 Å². The summed E-state index contributed by atoms with van der Waals surface area (Å²) in [5, 5.41) is 7.39. The topological polar surface area (TPSA) is 75.4 Å². The average molecular weight is 396 g/mol. The second-order valence-corrected chi connectivity index (χ2v) is 6.96. The molecule has 0 atom stereocenters. The van der Waals surface area contributed by atoms with Crippen molar-refractivity contribution in [3.8, 4) is 11.3 Å². The lowest BCUT2D eigenvalue weighted by atomic mass is 10.1. The summed E-state index contributed by atoms with van der Waals surface area (Å²) in [6, 6.07) is 12.6. The summed E-state index contributed by atoms with van der Waals surface area (Å²) in [5.74, 6) is 0.128. The summed E-state index contributed by atoms with van der Waals surface area (Å²) in [6.45, 7) is 4.25. The van der Waals surface area contributed by atoms with Crippen molar-refractivity contribution in [1.82, 2.24) is 5.16 Å². The van der Waals surface area contributed by atoms with Crippen molar-refractivity contribution in [3.63, 3.8) is 0 Å². The second-order valence-electron chi connectivity index (χ2n) is 6.55. The van der Waals surface area contributed by atoms with Gasteiger partial charge in [-0.2, -0.15) is 0 Å². The summed E-state index contributed by atoms with van der Waals surface area (Å²) in [7, 11) is 0. The predicted molar refractivity (Wildman–Crippen MR) is 108 cm³/mol. The van der Waals surface area contributed by atoms with Gasteiger partial charge in [0.2, 0.25) is 5.91 Å². The lowest BCUT2D eigenvalue weighted by Gasteiger charge is -2.15. The van der Waals surface area contributed by atoms with Crippen LogP contribution in [0.4, 0.5) is 11.4 Å². The standard InChI is InChI=1S/C21H18ClN3O3/c1-3-25-17-9-8-14(10-13(17)11-18(25)26)23-21(27)19-12(2)28-24-20(19)15-6-4-5-7-16(15)22/h4-10H,3,11H2,1-2H3,(H,23,27). The third-order valence-electron chi connectivity index (χ3n) is 4.81. The molecule has 2 heterocycles. The van der Waals surface area contributed by atoms with E-state index < -0.39 is 0 Å². The molecule has 28 heavy (non-hydrogen) atoms. The third kappa shape index (κ3) is 3.05. The minimum atomic E-state index is -0.342. The highest BCUT2D eigenvalue weighted by molar-refractivity contribution is 6.33. The number of halogens is 1. The smallest absolute Gasteiger partial charge is 0.261 e. The minimum absolute atomic E-state index is 0.0665. The van der Waals surface area contributed by atoms with E-state index in [0.29, 0.717) is 46.3 Å². The third-order valence-corrected chi connectivity index (χ3v) is 5.14. The molecule has 1 aromatic heterocycles. The van der Waals surface area contributed by atoms with Gasteiger partial charge in [0.15, 0.2) is 0 Å². The Labute approximate surface area is 167 Å². The Morgan fingerprint density at radius 3 is 2.82 bits per heavy atom. The van der Waals surface area contributed by atoms with Crippen LogP contribution in [0.25, 0.3) is 11.3 Å². The Balaban J connectivity index is 1.64. The van der Waals surface area contributed by atoms with Gasteiger partial charge in [-0.3, -0.25) is 9.59 Å². The van der Waals surface area contributed by atoms with E-state index in [0.717, 1.165) is 11.3 Å². The van der Waals surface area contributed by atoms with Gasteiger partial charge in [-0.1, -0.05) is 35.0 Å². The van der Waals surface area contributed by atoms with Crippen molar-refractivity contribution in [2.45, 2.75) is 20.3 Å². The maximum atomic E-state index is 13.0. The summed E-state index contributed by atoms with van der Waals surface area (Å²) in [5.41, 5.74) is 3.76. The Kier molecular flexibility index (Phi) is 4.65. The highest BCUT2D eigenvalue weighted by Crippen LogP contribution is 2.33. The molecule has 3 aromatic rings. The number of fused-ring (bicyclic) bond motifs is 1. The molecule has 1 aliphatic rings. The Bertz CT molecular complexity index is 1090. The quantitative estimate of drug-likeness (QED) is 0.707. The van der Waals surface area contributed by atoms with Crippen molar-refractivity contribution < 1.29 is 14.1 Å². The zero-order valence-electron chi connectivity index (χ0n) is 15.5. The first-order chi connectivity index (χ1) is 13.5. The number of aromatic nitrogens is 1. The van der Waals surface area contributed by atoms with Crippen molar-refractivity contribution >= 4 is 34.8 Å². The zero-order chi connectivity index (χ0) is 19.8. The van der Waals surface area contributed by atoms with E-state index in [-0.39, 0.29) is 11.8 Å². The van der Waals surface area contributed by atoms with Gasteiger partial charge in [-0.05, 0) is 43.7 Å². The van der Waals surface area contributed by atoms with E-state index in [4.69, 9.17) is 16.1 Å². The molecule has 0 radical (unpaired) electrons. The van der Waals surface area contributed by atoms with Crippen molar-refractivity contribution in [3.05, 3.63) is 64.4 Å². The van der Waals surface area contributed by atoms with Gasteiger partial charge < -0.3 is 14.7 Å². The van der Waals surface area contributed by atoms with E-state index in [1.54, 1.807) is 30.0 Å². The fourth-order valence-electron chi connectivity index (χ4n) is 3.48. The molecule has 0 bridgehead atoms. The summed E-state index contributed by atoms with van der Waals surface area (Å²) in [4.78, 5) is 26.8. The number of anilines is 2. The number of rotatable bonds is 4. The van der Waals surface area contributed by atoms with Gasteiger partial charge >= 0.3 is 0 Å². The fraction of sp³-hybridized carbons (Fsp3) is 0.190. The molecule has 1 N–H and O–H groups in total. The average Bonchev–Trinajstić information content (AvgIpc) is 3.20. The van der Waals surface area contributed by atoms with Gasteiger partial charge in [0, 0.05) is 23.5 Å². The van der Waals surface area contributed by atoms with Gasteiger partial charge in [-0.25, -0.2) is 0 Å². The Morgan fingerprint density at radius 1 is 1.29 bits per heavy atom. The van der Waals surface area contributed by atoms with Gasteiger partial charge in [-0.15, -0.1) is 0 Å². The molecule has 2 amide bonds. The molecule has 0 saturated carbocycles. The van der Waals surface area contributed by atoms with Crippen LogP contribution >= 0.6 is 11.6 Å². The molecule has 0 spiro atoms. The second kappa shape index (κ2) is 7.13. The SMILES string of the molecule is CCN1C(=O)Cc2cc(NC(=O)c3c(-c4ccccc4Cl)noc3C)ccc21. The Morgan fingerprint density at radius 2 is 2.07 bits per heavy atom. The van der Waals surface area contributed by atoms with Crippen molar-refractivity contribution in [2.75, 3.05) is 16.8 Å². The normalized spacial score (nSPS) is 13.0. The van der Waals surface area contributed by atoms with Gasteiger partial charge in [0.05, 0.1) is 11.4 Å². The number of benzene rings is 2. The number of carbonyl (C=O) groups is 2. The summed E-state index contributed by atoms with van der Waals surface area (Å²) >= 11 is 6.26. The van der Waals surface area contributed by atoms with E-state index in [1.807, 2.05) is 31.2 Å². The van der Waals surface area contributed by atoms with E-state index >= 15 is 0 Å². The molecular formula is C21H18ClN3O3. The van der Waals surface area contributed by atoms with E-state index in [1.165, 1.54) is 0 Å². The molecule has 0 fully saturated rings. The lowest BCUT2D eigenvalue weighted by Crippen LogP contribution is -2.25. The number of likely N-dealkylation sites (N-methyl/N-ethyl adjacent to an activating group) is 1. The van der Waals surface area contributed by atoms with Crippen LogP contribution in [0.1, 0.15) is 28.6 Å². The van der Waals surface area contributed by atoms with Gasteiger partial charge in [0.1, 0.15) is 17.0 Å². The molecule has 0 aliphatic carbocycles. The van der Waals surface area contributed by atoms with Crippen LogP contribution in [-0.4, -0.2) is 23.5 Å². The summed E-state index contributed by atoms with van der Waals surface area (Å²) in [6.07, 6.45) is 0.337. The van der Waals surface area contributed by atoms with Crippen LogP contribution in [0.5, 0.6) is 0 Å². The highest BCUT2D eigenvalue weighted by atomic mass is 35.5. The number of nitrogens with one attached hydrogen (secondary N) is 1. The minimum Gasteiger partial charge on any atom is -0.360 e. The molecule has 7 heteroatoms. The first-order valence-electron chi connectivity index (χ1n) is 8.95. The van der Waals surface area contributed by atoms with Crippen LogP contribution in [-0.2, 0) is 11.2 Å². The number of hydrogen-bond donors (Lipinski definition) is 1. The fourth-order valence-corrected chi connectivity index (χ4v) is 3.70. The van der Waals surface area contributed by atoms with Crippen LogP contribution in [0.3, 0.4) is 0 Å². The largest absolute Gasteiger partial charge is 0.360 e. The molecule has 4 rings (SSSR count). The molecular weight excluding hydrogens is 378 g/mol. The van der Waals surface area contributed by atoms with Crippen LogP contribution in [0.2, 0.25) is 5.02 Å². The highest BCUT2D eigenvalue weighted by Gasteiger charge is 2.27. The molecule has 1 aliphatic heterocycles. The maximum absolute atomic E-state index is 13.0. The predicted octanol–water partition coefficient (Wildman–Crippen LogP) is 4.46. The molecule has 0 unspecified atom stereocenters. The number of hydrogen-bond acceptors (Lipinski definition) is 4. The number of carbonyl (C=O) groups excluding carboxylic acids is 2. The monoisotopic (exact) mass is 395 g/mol. The van der Waals surface area contributed by atoms with E-state index in [2.05, 4.69) is 10.5 Å². The van der Waals surface area contributed by atoms with Crippen molar-refractivity contribution in [2.24, 2.45) is 0 Å². The van der Waals surface area contributed by atoms with Gasteiger partial charge in [0.25, 0.3) is 5.91 Å². The molecule has 6 nitrogen and oxygen atoms in total. The van der Waals surface area contributed by atoms with E-state index in [9.17, 15) is 9.59 Å². The first-order valence-corrected chi connectivity index (χ1v) is 9.33. The number of aryl methyl sites for hydroxylation is 1. The maximum Gasteiger partial charge on any atom is 0.261 e. The number of nitrogens with zero attached hydrogens (tertiary/aromatic N) is 2. The molecule has 142 valence electrons. The molecule has 0 saturated heterocycles. The first kappa shape index (κ1) is 18.3. The van der Waals surface area contributed by atoms with Crippen molar-refractivity contribution in [1.29, 1.82) is 0 Å². The number of amides is 2. The van der Waals surface area contributed by atoms with Crippen LogP contribution in [0.15, 0.2) is 47.0 Å². The molecule has 2 aromatic carbocycles. The Hall–Kier alpha value is -3.12. The summed E-state index contributed by atoms with van der Waals surface area (Å²) < 4.78 is 5.26. The zero-order valence-corrected chi connectivity index (χ0v) is 16.2. The lowest BCUT2D eigenvalue weighted by molar-refractivity contribution is -0.117. The van der Waals surface area contributed by atoms with Crippen LogP contribution in [0, 0.1) is 6.92 Å².